The molecule has 0 saturated carbocycles. The number of unbranched alkanes of at least 4 members (excludes halogenated alkanes) is 1. The van der Waals surface area contributed by atoms with E-state index in [0.29, 0.717) is 0 Å². The van der Waals surface area contributed by atoms with Crippen LogP contribution < -0.4 is 11.3 Å². The van der Waals surface area contributed by atoms with E-state index in [1.165, 1.54) is 0 Å². The smallest absolute Gasteiger partial charge is 0.0575 e. The number of hydrogen-bond acceptors (Lipinski definition) is 1. The highest BCUT2D eigenvalue weighted by atomic mass is 16.2. The molecule has 0 rings (SSSR count). The minimum absolute atomic E-state index is 0. The topological polar surface area (TPSA) is 59.6 Å². The highest BCUT2D eigenvalue weighted by molar-refractivity contribution is 4.21. The van der Waals surface area contributed by atoms with Crippen LogP contribution in [0.4, 0.5) is 0 Å². The molecule has 0 saturated heterocycles. The molecule has 0 aromatic heterocycles. The quantitative estimate of drug-likeness (QED) is 0.529. The molecule has 0 aliphatic carbocycles. The Kier molecular flexibility index (Phi) is 13.8. The van der Waals surface area contributed by atoms with Gasteiger partial charge in [0.25, 0.3) is 0 Å². The van der Waals surface area contributed by atoms with Gasteiger partial charge in [-0.25, -0.2) is 0 Å². The van der Waals surface area contributed by atoms with Crippen LogP contribution in [0, 0.1) is 0 Å². The molecule has 0 aromatic carbocycles. The van der Waals surface area contributed by atoms with Crippen molar-refractivity contribution >= 4 is 0 Å². The van der Waals surface area contributed by atoms with Gasteiger partial charge in [0.2, 0.25) is 0 Å². The average molecular weight is 91.2 g/mol. The van der Waals surface area contributed by atoms with Crippen LogP contribution in [0.1, 0.15) is 19.8 Å². The van der Waals surface area contributed by atoms with Gasteiger partial charge in [-0.15, -0.1) is 6.61 Å². The molecule has 4 N–H and O–H groups in total. The summed E-state index contributed by atoms with van der Waals surface area (Å²) in [5.41, 5.74) is 0. The summed E-state index contributed by atoms with van der Waals surface area (Å²) in [6.07, 6.45) is 1.86. The van der Waals surface area contributed by atoms with E-state index in [2.05, 4.69) is 0 Å². The van der Waals surface area contributed by atoms with Crippen molar-refractivity contribution < 1.29 is 5.11 Å². The second-order valence-corrected chi connectivity index (χ2v) is 1.06. The van der Waals surface area contributed by atoms with Crippen molar-refractivity contribution in [2.75, 3.05) is 6.61 Å². The maximum Gasteiger partial charge on any atom is -0.0575 e. The first-order valence-electron chi connectivity index (χ1n) is 2.00. The van der Waals surface area contributed by atoms with Crippen molar-refractivity contribution in [1.82, 2.24) is 6.15 Å². The Hall–Kier alpha value is -0.0800. The molecule has 0 atom stereocenters. The lowest BCUT2D eigenvalue weighted by Crippen LogP contribution is -2.03. The van der Waals surface area contributed by atoms with Crippen LogP contribution in [-0.4, -0.2) is 6.61 Å². The molecule has 0 fully saturated rings. The second-order valence-electron chi connectivity index (χ2n) is 1.06. The summed E-state index contributed by atoms with van der Waals surface area (Å²) in [5, 5.41) is 9.53. The van der Waals surface area contributed by atoms with Crippen molar-refractivity contribution in [1.29, 1.82) is 0 Å². The van der Waals surface area contributed by atoms with E-state index in [1.807, 2.05) is 6.92 Å². The number of hydrogen-bond donors (Lipinski definition) is 1. The molecule has 0 spiro atoms. The number of quaternary nitrogens is 1. The third kappa shape index (κ3) is 9.07. The molecule has 0 aliphatic rings. The highest BCUT2D eigenvalue weighted by Gasteiger charge is 1.61. The summed E-state index contributed by atoms with van der Waals surface area (Å²) >= 11 is 0. The second kappa shape index (κ2) is 8.87. The van der Waals surface area contributed by atoms with Crippen LogP contribution in [-0.2, 0) is 0 Å². The van der Waals surface area contributed by atoms with Gasteiger partial charge >= 0.3 is 0 Å². The van der Waals surface area contributed by atoms with Crippen LogP contribution in [0.25, 0.3) is 0 Å². The Morgan fingerprint density at radius 1 is 1.50 bits per heavy atom. The van der Waals surface area contributed by atoms with Crippen LogP contribution >= 0.6 is 0 Å². The Balaban J connectivity index is 0. The van der Waals surface area contributed by atoms with E-state index < -0.39 is 0 Å². The van der Waals surface area contributed by atoms with E-state index >= 15 is 0 Å². The summed E-state index contributed by atoms with van der Waals surface area (Å²) in [7, 11) is 0. The van der Waals surface area contributed by atoms with E-state index in [9.17, 15) is 5.11 Å². The summed E-state index contributed by atoms with van der Waals surface area (Å²) in [5.74, 6) is 0. The van der Waals surface area contributed by atoms with Crippen molar-refractivity contribution in [3.05, 3.63) is 0 Å². The molecule has 0 radical (unpaired) electrons. The van der Waals surface area contributed by atoms with Crippen LogP contribution in [0.3, 0.4) is 0 Å². The Morgan fingerprint density at radius 2 is 2.00 bits per heavy atom. The maximum absolute atomic E-state index is 9.53. The van der Waals surface area contributed by atoms with Gasteiger partial charge in [-0.2, -0.15) is 0 Å². The summed E-state index contributed by atoms with van der Waals surface area (Å²) < 4.78 is 0. The third-order valence-electron chi connectivity index (χ3n) is 0.498. The van der Waals surface area contributed by atoms with Crippen LogP contribution in [0.5, 0.6) is 0 Å². The summed E-state index contributed by atoms with van der Waals surface area (Å²) in [6, 6.07) is 0. The molecule has 2 nitrogen and oxygen atoms in total. The fourth-order valence-corrected chi connectivity index (χ4v) is 0.144. The van der Waals surface area contributed by atoms with Crippen LogP contribution in [0.15, 0.2) is 0 Å². The lowest BCUT2D eigenvalue weighted by atomic mass is 10.4. The molecule has 0 heterocycles. The maximum atomic E-state index is 9.53. The van der Waals surface area contributed by atoms with Gasteiger partial charge in [-0.1, -0.05) is 19.8 Å². The van der Waals surface area contributed by atoms with Gasteiger partial charge < -0.3 is 11.3 Å². The zero-order valence-electron chi connectivity index (χ0n) is 4.53. The zero-order valence-corrected chi connectivity index (χ0v) is 4.53. The molecule has 2 heteroatoms. The van der Waals surface area contributed by atoms with Gasteiger partial charge in [0, 0.05) is 0 Å². The van der Waals surface area contributed by atoms with Crippen molar-refractivity contribution in [3.8, 4) is 0 Å². The number of rotatable bonds is 2. The molecular weight excluding hydrogens is 78.0 g/mol. The normalized spacial score (nSPS) is 7.00. The predicted octanol–water partition coefficient (Wildman–Crippen LogP) is 0.523. The lowest BCUT2D eigenvalue weighted by molar-refractivity contribution is -0.368. The van der Waals surface area contributed by atoms with E-state index in [4.69, 9.17) is 0 Å². The van der Waals surface area contributed by atoms with Crippen LogP contribution in [0.2, 0.25) is 0 Å². The molecule has 40 valence electrons. The first-order valence-corrected chi connectivity index (χ1v) is 2.00. The SMILES string of the molecule is CCCC[O-].[NH4+]. The first kappa shape index (κ1) is 9.33. The van der Waals surface area contributed by atoms with Gasteiger partial charge in [0.1, 0.15) is 0 Å². The largest absolute Gasteiger partial charge is 0.854 e. The van der Waals surface area contributed by atoms with E-state index in [0.717, 1.165) is 12.8 Å². The molecule has 0 bridgehead atoms. The van der Waals surface area contributed by atoms with E-state index in [1.54, 1.807) is 0 Å². The van der Waals surface area contributed by atoms with Gasteiger partial charge in [-0.3, -0.25) is 0 Å². The first-order chi connectivity index (χ1) is 2.41. The average Bonchev–Trinajstić information content (AvgIpc) is 1.41. The summed E-state index contributed by atoms with van der Waals surface area (Å²) in [6.45, 7) is 2.11. The monoisotopic (exact) mass is 91.1 g/mol. The molecular formula is C4H13NO. The van der Waals surface area contributed by atoms with Crippen molar-refractivity contribution in [2.45, 2.75) is 19.8 Å². The molecule has 6 heavy (non-hydrogen) atoms. The molecule has 0 aliphatic heterocycles. The highest BCUT2D eigenvalue weighted by Crippen LogP contribution is 1.76. The minimum atomic E-state index is 0. The van der Waals surface area contributed by atoms with Crippen molar-refractivity contribution in [2.24, 2.45) is 0 Å². The predicted molar refractivity (Wildman–Crippen MR) is 25.8 cm³/mol. The standard InChI is InChI=1S/C4H9O.H3N/c1-2-3-4-5;/h2-4H2,1H3;1H3/q-1;/p+1. The van der Waals surface area contributed by atoms with Gasteiger partial charge in [0.15, 0.2) is 0 Å². The van der Waals surface area contributed by atoms with Gasteiger partial charge in [-0.05, 0) is 0 Å². The molecule has 0 aromatic rings. The Bertz CT molecular complexity index is 15.0. The minimum Gasteiger partial charge on any atom is -0.854 e. The Morgan fingerprint density at radius 3 is 2.00 bits per heavy atom. The Labute approximate surface area is 38.8 Å². The third-order valence-corrected chi connectivity index (χ3v) is 0.498. The van der Waals surface area contributed by atoms with E-state index in [-0.39, 0.29) is 12.8 Å². The summed E-state index contributed by atoms with van der Waals surface area (Å²) in [4.78, 5) is 0. The fourth-order valence-electron chi connectivity index (χ4n) is 0.144. The molecule has 0 amide bonds. The lowest BCUT2D eigenvalue weighted by Gasteiger charge is -1.94. The van der Waals surface area contributed by atoms with Gasteiger partial charge in [0.05, 0.1) is 0 Å². The molecule has 0 unspecified atom stereocenters. The fraction of sp³-hybridized carbons (Fsp3) is 1.00. The zero-order chi connectivity index (χ0) is 4.12. The van der Waals surface area contributed by atoms with Crippen molar-refractivity contribution in [3.63, 3.8) is 0 Å².